The van der Waals surface area contributed by atoms with Gasteiger partial charge in [-0.15, -0.1) is 0 Å². The minimum atomic E-state index is -0.820. The molecule has 0 radical (unpaired) electrons. The second-order valence-corrected chi connectivity index (χ2v) is 3.80. The molecule has 1 aliphatic rings. The molecule has 3 rings (SSSR count). The highest BCUT2D eigenvalue weighted by molar-refractivity contribution is 5.91. The number of carboxylic acid groups (broad SMARTS) is 1. The average molecular weight is 211 g/mol. The molecule has 1 unspecified atom stereocenters. The van der Waals surface area contributed by atoms with Gasteiger partial charge in [0.05, 0.1) is 5.69 Å². The standard InChI is InChI=1S/C13H9NO2/c15-13(16)11-8-4-1-2-5-9(8)12-10(11)6-3-7-14-12/h1-7,11H,(H,15,16). The minimum absolute atomic E-state index is 0.570. The van der Waals surface area contributed by atoms with Crippen LogP contribution in [-0.4, -0.2) is 16.1 Å². The first-order valence-electron chi connectivity index (χ1n) is 5.06. The molecule has 16 heavy (non-hydrogen) atoms. The van der Waals surface area contributed by atoms with Crippen molar-refractivity contribution in [2.24, 2.45) is 0 Å². The van der Waals surface area contributed by atoms with Crippen LogP contribution in [0, 0.1) is 0 Å². The molecule has 0 saturated carbocycles. The van der Waals surface area contributed by atoms with Gasteiger partial charge in [-0.1, -0.05) is 30.3 Å². The van der Waals surface area contributed by atoms with E-state index in [2.05, 4.69) is 4.98 Å². The van der Waals surface area contributed by atoms with E-state index in [4.69, 9.17) is 0 Å². The van der Waals surface area contributed by atoms with Crippen LogP contribution in [0.3, 0.4) is 0 Å². The molecule has 1 heterocycles. The third-order valence-electron chi connectivity index (χ3n) is 2.92. The highest BCUT2D eigenvalue weighted by Gasteiger charge is 2.33. The van der Waals surface area contributed by atoms with Crippen molar-refractivity contribution in [2.45, 2.75) is 5.92 Å². The lowest BCUT2D eigenvalue weighted by atomic mass is 9.98. The fourth-order valence-corrected chi connectivity index (χ4v) is 2.27. The van der Waals surface area contributed by atoms with E-state index in [0.29, 0.717) is 0 Å². The van der Waals surface area contributed by atoms with Crippen LogP contribution >= 0.6 is 0 Å². The van der Waals surface area contributed by atoms with Crippen LogP contribution in [-0.2, 0) is 4.79 Å². The number of carboxylic acids is 1. The number of aliphatic carboxylic acids is 1. The number of fused-ring (bicyclic) bond motifs is 3. The minimum Gasteiger partial charge on any atom is -0.481 e. The monoisotopic (exact) mass is 211 g/mol. The van der Waals surface area contributed by atoms with Crippen molar-refractivity contribution in [1.82, 2.24) is 4.98 Å². The first kappa shape index (κ1) is 9.09. The number of hydrogen-bond acceptors (Lipinski definition) is 2. The Hall–Kier alpha value is -2.16. The number of aromatic nitrogens is 1. The summed E-state index contributed by atoms with van der Waals surface area (Å²) in [7, 11) is 0. The lowest BCUT2D eigenvalue weighted by Gasteiger charge is -2.06. The number of carbonyl (C=O) groups is 1. The second kappa shape index (κ2) is 3.17. The quantitative estimate of drug-likeness (QED) is 0.787. The molecule has 3 nitrogen and oxygen atoms in total. The van der Waals surface area contributed by atoms with Crippen LogP contribution in [0.25, 0.3) is 11.3 Å². The summed E-state index contributed by atoms with van der Waals surface area (Å²) in [6.45, 7) is 0. The predicted molar refractivity (Wildman–Crippen MR) is 59.2 cm³/mol. The Morgan fingerprint density at radius 2 is 1.88 bits per heavy atom. The van der Waals surface area contributed by atoms with Crippen molar-refractivity contribution in [1.29, 1.82) is 0 Å². The number of rotatable bonds is 1. The molecular weight excluding hydrogens is 202 g/mol. The highest BCUT2D eigenvalue weighted by Crippen LogP contribution is 2.43. The van der Waals surface area contributed by atoms with E-state index in [1.165, 1.54) is 0 Å². The van der Waals surface area contributed by atoms with Gasteiger partial charge in [0.15, 0.2) is 0 Å². The number of hydrogen-bond donors (Lipinski definition) is 1. The summed E-state index contributed by atoms with van der Waals surface area (Å²) in [4.78, 5) is 15.6. The Balaban J connectivity index is 2.34. The van der Waals surface area contributed by atoms with E-state index >= 15 is 0 Å². The van der Waals surface area contributed by atoms with Crippen LogP contribution in [0.4, 0.5) is 0 Å². The van der Waals surface area contributed by atoms with E-state index in [9.17, 15) is 9.90 Å². The van der Waals surface area contributed by atoms with Crippen LogP contribution in [0.15, 0.2) is 42.6 Å². The van der Waals surface area contributed by atoms with Gasteiger partial charge in [0.2, 0.25) is 0 Å². The second-order valence-electron chi connectivity index (χ2n) is 3.80. The van der Waals surface area contributed by atoms with Crippen LogP contribution in [0.5, 0.6) is 0 Å². The van der Waals surface area contributed by atoms with Crippen LogP contribution in [0.1, 0.15) is 17.0 Å². The molecule has 1 aromatic carbocycles. The van der Waals surface area contributed by atoms with Crippen molar-refractivity contribution >= 4 is 5.97 Å². The van der Waals surface area contributed by atoms with E-state index in [1.54, 1.807) is 12.3 Å². The zero-order chi connectivity index (χ0) is 11.1. The van der Waals surface area contributed by atoms with Gasteiger partial charge < -0.3 is 5.11 Å². The van der Waals surface area contributed by atoms with E-state index < -0.39 is 11.9 Å². The van der Waals surface area contributed by atoms with Gasteiger partial charge in [-0.05, 0) is 17.2 Å². The van der Waals surface area contributed by atoms with Crippen LogP contribution in [0.2, 0.25) is 0 Å². The highest BCUT2D eigenvalue weighted by atomic mass is 16.4. The summed E-state index contributed by atoms with van der Waals surface area (Å²) in [5, 5.41) is 9.28. The van der Waals surface area contributed by atoms with Gasteiger partial charge >= 0.3 is 5.97 Å². The first-order chi connectivity index (χ1) is 7.79. The van der Waals surface area contributed by atoms with Crippen LogP contribution < -0.4 is 0 Å². The largest absolute Gasteiger partial charge is 0.481 e. The molecule has 0 spiro atoms. The molecule has 0 bridgehead atoms. The van der Waals surface area contributed by atoms with Crippen molar-refractivity contribution in [2.75, 3.05) is 0 Å². The van der Waals surface area contributed by atoms with Gasteiger partial charge in [-0.3, -0.25) is 9.78 Å². The smallest absolute Gasteiger partial charge is 0.315 e. The normalized spacial score (nSPS) is 16.6. The maximum Gasteiger partial charge on any atom is 0.315 e. The molecule has 0 fully saturated rings. The summed E-state index contributed by atoms with van der Waals surface area (Å²) in [5.74, 6) is -1.39. The molecule has 2 aromatic rings. The molecule has 1 atom stereocenters. The van der Waals surface area contributed by atoms with Crippen molar-refractivity contribution < 1.29 is 9.90 Å². The third kappa shape index (κ3) is 1.08. The van der Waals surface area contributed by atoms with Gasteiger partial charge in [0.25, 0.3) is 0 Å². The molecule has 0 aliphatic heterocycles. The van der Waals surface area contributed by atoms with Gasteiger partial charge in [0, 0.05) is 11.8 Å². The Morgan fingerprint density at radius 1 is 1.12 bits per heavy atom. The van der Waals surface area contributed by atoms with E-state index in [-0.39, 0.29) is 0 Å². The molecular formula is C13H9NO2. The number of benzene rings is 1. The van der Waals surface area contributed by atoms with Gasteiger partial charge in [-0.25, -0.2) is 0 Å². The number of pyridine rings is 1. The SMILES string of the molecule is O=C(O)C1c2ccccc2-c2ncccc21. The molecule has 1 aromatic heterocycles. The molecule has 0 saturated heterocycles. The summed E-state index contributed by atoms with van der Waals surface area (Å²) in [5.41, 5.74) is 3.36. The van der Waals surface area contributed by atoms with Gasteiger partial charge in [-0.2, -0.15) is 0 Å². The lowest BCUT2D eigenvalue weighted by molar-refractivity contribution is -0.137. The van der Waals surface area contributed by atoms with Gasteiger partial charge in [0.1, 0.15) is 5.92 Å². The summed E-state index contributed by atoms with van der Waals surface area (Å²) in [6, 6.07) is 11.2. The Bertz CT molecular complexity index is 532. The molecule has 1 N–H and O–H groups in total. The Labute approximate surface area is 92.4 Å². The average Bonchev–Trinajstić information content (AvgIpc) is 2.63. The van der Waals surface area contributed by atoms with Crippen molar-refractivity contribution in [3.63, 3.8) is 0 Å². The van der Waals surface area contributed by atoms with Crippen molar-refractivity contribution in [3.8, 4) is 11.3 Å². The molecule has 0 amide bonds. The fourth-order valence-electron chi connectivity index (χ4n) is 2.27. The maximum absolute atomic E-state index is 11.3. The van der Waals surface area contributed by atoms with E-state index in [1.807, 2.05) is 30.3 Å². The Morgan fingerprint density at radius 3 is 2.69 bits per heavy atom. The third-order valence-corrected chi connectivity index (χ3v) is 2.92. The number of nitrogens with zero attached hydrogens (tertiary/aromatic N) is 1. The maximum atomic E-state index is 11.3. The zero-order valence-corrected chi connectivity index (χ0v) is 8.42. The predicted octanol–water partition coefficient (Wildman–Crippen LogP) is 2.28. The lowest BCUT2D eigenvalue weighted by Crippen LogP contribution is -2.09. The van der Waals surface area contributed by atoms with Crippen molar-refractivity contribution in [3.05, 3.63) is 53.7 Å². The molecule has 1 aliphatic carbocycles. The summed E-state index contributed by atoms with van der Waals surface area (Å²) in [6.07, 6.45) is 1.69. The molecule has 78 valence electrons. The topological polar surface area (TPSA) is 50.2 Å². The summed E-state index contributed by atoms with van der Waals surface area (Å²) < 4.78 is 0. The van der Waals surface area contributed by atoms with E-state index in [0.717, 1.165) is 22.4 Å². The first-order valence-corrected chi connectivity index (χ1v) is 5.06. The Kier molecular flexibility index (Phi) is 1.80. The molecule has 3 heteroatoms. The summed E-state index contributed by atoms with van der Waals surface area (Å²) >= 11 is 0. The zero-order valence-electron chi connectivity index (χ0n) is 8.42. The fraction of sp³-hybridized carbons (Fsp3) is 0.0769.